The van der Waals surface area contributed by atoms with Crippen molar-refractivity contribution in [3.05, 3.63) is 41.5 Å². The van der Waals surface area contributed by atoms with E-state index in [0.717, 1.165) is 24.0 Å². The molecule has 1 unspecified atom stereocenters. The first-order valence-corrected chi connectivity index (χ1v) is 4.69. The quantitative estimate of drug-likeness (QED) is 0.728. The summed E-state index contributed by atoms with van der Waals surface area (Å²) in [5.41, 5.74) is 2.87. The summed E-state index contributed by atoms with van der Waals surface area (Å²) in [6.45, 7) is 0. The third-order valence-electron chi connectivity index (χ3n) is 2.47. The maximum Gasteiger partial charge on any atom is 0.0991 e. The minimum Gasteiger partial charge on any atom is -0.389 e. The zero-order chi connectivity index (χ0) is 9.97. The highest BCUT2D eigenvalue weighted by molar-refractivity contribution is 5.68. The van der Waals surface area contributed by atoms with Crippen LogP contribution in [0.4, 0.5) is 0 Å². The molecule has 0 amide bonds. The average Bonchev–Trinajstić information content (AvgIpc) is 2.65. The van der Waals surface area contributed by atoms with Crippen LogP contribution >= 0.6 is 0 Å². The molecule has 2 nitrogen and oxygen atoms in total. The van der Waals surface area contributed by atoms with Crippen molar-refractivity contribution in [1.82, 2.24) is 0 Å². The van der Waals surface area contributed by atoms with Crippen LogP contribution in [0.3, 0.4) is 0 Å². The maximum absolute atomic E-state index is 9.35. The summed E-state index contributed by atoms with van der Waals surface area (Å²) >= 11 is 0. The third-order valence-corrected chi connectivity index (χ3v) is 2.47. The van der Waals surface area contributed by atoms with Crippen molar-refractivity contribution in [2.45, 2.75) is 18.9 Å². The predicted octanol–water partition coefficient (Wildman–Crippen LogP) is 2.10. The first-order chi connectivity index (χ1) is 6.79. The van der Waals surface area contributed by atoms with Crippen molar-refractivity contribution in [3.8, 4) is 6.07 Å². The number of nitrogens with zero attached hydrogens (tertiary/aromatic N) is 1. The molecule has 0 aliphatic heterocycles. The highest BCUT2D eigenvalue weighted by atomic mass is 16.3. The van der Waals surface area contributed by atoms with Crippen LogP contribution in [-0.2, 0) is 0 Å². The number of allylic oxidation sites excluding steroid dienone is 1. The lowest BCUT2D eigenvalue weighted by Crippen LogP contribution is -1.93. The zero-order valence-electron chi connectivity index (χ0n) is 7.77. The highest BCUT2D eigenvalue weighted by Crippen LogP contribution is 2.28. The molecule has 0 bridgehead atoms. The van der Waals surface area contributed by atoms with Crippen molar-refractivity contribution < 1.29 is 5.11 Å². The molecule has 0 saturated heterocycles. The zero-order valence-corrected chi connectivity index (χ0v) is 7.77. The van der Waals surface area contributed by atoms with Gasteiger partial charge in [0.2, 0.25) is 0 Å². The van der Waals surface area contributed by atoms with E-state index in [2.05, 4.69) is 6.07 Å². The fourth-order valence-electron chi connectivity index (χ4n) is 1.73. The molecule has 0 heterocycles. The molecule has 0 fully saturated rings. The van der Waals surface area contributed by atoms with Gasteiger partial charge in [-0.05, 0) is 36.1 Å². The van der Waals surface area contributed by atoms with Crippen molar-refractivity contribution in [1.29, 1.82) is 5.26 Å². The lowest BCUT2D eigenvalue weighted by atomic mass is 10.0. The summed E-state index contributed by atoms with van der Waals surface area (Å²) in [7, 11) is 0. The van der Waals surface area contributed by atoms with Crippen LogP contribution in [0.2, 0.25) is 0 Å². The SMILES string of the molecule is N#Cc1cccc(C2=CC(O)CC2)c1. The third kappa shape index (κ3) is 1.68. The number of benzene rings is 1. The molecule has 70 valence electrons. The summed E-state index contributed by atoms with van der Waals surface area (Å²) in [6.07, 6.45) is 3.26. The molecule has 1 aliphatic rings. The number of rotatable bonds is 1. The van der Waals surface area contributed by atoms with Crippen LogP contribution in [0.1, 0.15) is 24.0 Å². The molecular formula is C12H11NO. The van der Waals surface area contributed by atoms with E-state index in [-0.39, 0.29) is 6.10 Å². The number of hydrogen-bond acceptors (Lipinski definition) is 2. The second-order valence-corrected chi connectivity index (χ2v) is 3.49. The fraction of sp³-hybridized carbons (Fsp3) is 0.250. The number of nitriles is 1. The Kier molecular flexibility index (Phi) is 2.34. The Morgan fingerprint density at radius 2 is 2.29 bits per heavy atom. The Bertz CT molecular complexity index is 415. The minimum atomic E-state index is -0.309. The van der Waals surface area contributed by atoms with Crippen LogP contribution in [-0.4, -0.2) is 11.2 Å². The maximum atomic E-state index is 9.35. The molecule has 1 aliphatic carbocycles. The summed E-state index contributed by atoms with van der Waals surface area (Å²) in [5.74, 6) is 0. The van der Waals surface area contributed by atoms with Crippen LogP contribution in [0.5, 0.6) is 0 Å². The molecule has 2 heteroatoms. The van der Waals surface area contributed by atoms with E-state index < -0.39 is 0 Å². The van der Waals surface area contributed by atoms with Crippen LogP contribution < -0.4 is 0 Å². The van der Waals surface area contributed by atoms with Crippen molar-refractivity contribution in [2.75, 3.05) is 0 Å². The Hall–Kier alpha value is -1.59. The summed E-state index contributed by atoms with van der Waals surface area (Å²) in [5, 5.41) is 18.1. The molecule has 1 aromatic carbocycles. The molecule has 2 rings (SSSR count). The van der Waals surface area contributed by atoms with Crippen molar-refractivity contribution >= 4 is 5.57 Å². The minimum absolute atomic E-state index is 0.309. The van der Waals surface area contributed by atoms with E-state index in [1.807, 2.05) is 24.3 Å². The predicted molar refractivity (Wildman–Crippen MR) is 54.4 cm³/mol. The molecule has 0 spiro atoms. The molecular weight excluding hydrogens is 174 g/mol. The number of hydrogen-bond donors (Lipinski definition) is 1. The monoisotopic (exact) mass is 185 g/mol. The second kappa shape index (κ2) is 3.65. The molecule has 0 aromatic heterocycles. The van der Waals surface area contributed by atoms with Gasteiger partial charge in [-0.1, -0.05) is 18.2 Å². The van der Waals surface area contributed by atoms with E-state index in [1.54, 1.807) is 6.07 Å². The molecule has 1 aromatic rings. The topological polar surface area (TPSA) is 44.0 Å². The van der Waals surface area contributed by atoms with Crippen LogP contribution in [0.15, 0.2) is 30.3 Å². The summed E-state index contributed by atoms with van der Waals surface area (Å²) < 4.78 is 0. The number of aliphatic hydroxyl groups is 1. The van der Waals surface area contributed by atoms with Gasteiger partial charge in [0.25, 0.3) is 0 Å². The van der Waals surface area contributed by atoms with Gasteiger partial charge in [-0.25, -0.2) is 0 Å². The van der Waals surface area contributed by atoms with Crippen molar-refractivity contribution in [3.63, 3.8) is 0 Å². The molecule has 1 N–H and O–H groups in total. The molecule has 14 heavy (non-hydrogen) atoms. The second-order valence-electron chi connectivity index (χ2n) is 3.49. The Balaban J connectivity index is 2.34. The van der Waals surface area contributed by atoms with Gasteiger partial charge in [-0.3, -0.25) is 0 Å². The first kappa shape index (κ1) is 8.98. The fourth-order valence-corrected chi connectivity index (χ4v) is 1.73. The largest absolute Gasteiger partial charge is 0.389 e. The molecule has 1 atom stereocenters. The smallest absolute Gasteiger partial charge is 0.0991 e. The summed E-state index contributed by atoms with van der Waals surface area (Å²) in [4.78, 5) is 0. The van der Waals surface area contributed by atoms with E-state index in [0.29, 0.717) is 5.56 Å². The van der Waals surface area contributed by atoms with Crippen molar-refractivity contribution in [2.24, 2.45) is 0 Å². The van der Waals surface area contributed by atoms with Gasteiger partial charge in [0, 0.05) is 0 Å². The van der Waals surface area contributed by atoms with Gasteiger partial charge in [-0.15, -0.1) is 0 Å². The van der Waals surface area contributed by atoms with Gasteiger partial charge < -0.3 is 5.11 Å². The normalized spacial score (nSPS) is 20.3. The number of aliphatic hydroxyl groups excluding tert-OH is 1. The van der Waals surface area contributed by atoms with E-state index in [4.69, 9.17) is 5.26 Å². The van der Waals surface area contributed by atoms with Crippen LogP contribution in [0, 0.1) is 11.3 Å². The van der Waals surface area contributed by atoms with Gasteiger partial charge in [0.15, 0.2) is 0 Å². The Morgan fingerprint density at radius 1 is 1.43 bits per heavy atom. The van der Waals surface area contributed by atoms with Crippen LogP contribution in [0.25, 0.3) is 5.57 Å². The lowest BCUT2D eigenvalue weighted by Gasteiger charge is -2.00. The lowest BCUT2D eigenvalue weighted by molar-refractivity contribution is 0.223. The van der Waals surface area contributed by atoms with E-state index in [1.165, 1.54) is 0 Å². The van der Waals surface area contributed by atoms with Gasteiger partial charge >= 0.3 is 0 Å². The standard InChI is InChI=1S/C12H11NO/c13-8-9-2-1-3-10(6-9)11-4-5-12(14)7-11/h1-3,6-7,12,14H,4-5H2. The Labute approximate surface area is 83.1 Å². The molecule has 0 radical (unpaired) electrons. The van der Waals surface area contributed by atoms with Gasteiger partial charge in [-0.2, -0.15) is 5.26 Å². The summed E-state index contributed by atoms with van der Waals surface area (Å²) in [6, 6.07) is 9.62. The average molecular weight is 185 g/mol. The van der Waals surface area contributed by atoms with E-state index in [9.17, 15) is 5.11 Å². The van der Waals surface area contributed by atoms with E-state index >= 15 is 0 Å². The van der Waals surface area contributed by atoms with Gasteiger partial charge in [0.1, 0.15) is 0 Å². The first-order valence-electron chi connectivity index (χ1n) is 4.69. The van der Waals surface area contributed by atoms with Gasteiger partial charge in [0.05, 0.1) is 17.7 Å². The highest BCUT2D eigenvalue weighted by Gasteiger charge is 2.14. The molecule has 0 saturated carbocycles. The Morgan fingerprint density at radius 3 is 2.93 bits per heavy atom.